The van der Waals surface area contributed by atoms with E-state index in [0.717, 1.165) is 23.3 Å². The molecule has 0 aromatic rings. The van der Waals surface area contributed by atoms with Gasteiger partial charge in [0.15, 0.2) is 0 Å². The molecule has 19 heavy (non-hydrogen) atoms. The molecule has 2 nitrogen and oxygen atoms in total. The van der Waals surface area contributed by atoms with Gasteiger partial charge in [0.05, 0.1) is 0 Å². The Hall–Kier alpha value is -0.0800. The van der Waals surface area contributed by atoms with Gasteiger partial charge in [0, 0.05) is 12.6 Å². The molecular formula is C17H32N2. The Kier molecular flexibility index (Phi) is 4.19. The first-order chi connectivity index (χ1) is 9.23. The second-order valence-electron chi connectivity index (χ2n) is 7.54. The lowest BCUT2D eigenvalue weighted by atomic mass is 9.84. The fraction of sp³-hybridized carbons (Fsp3) is 1.00. The molecule has 1 unspecified atom stereocenters. The fourth-order valence-corrected chi connectivity index (χ4v) is 4.72. The lowest BCUT2D eigenvalue weighted by Gasteiger charge is -2.35. The lowest BCUT2D eigenvalue weighted by Crippen LogP contribution is -2.38. The maximum Gasteiger partial charge on any atom is 0.00925 e. The van der Waals surface area contributed by atoms with Crippen molar-refractivity contribution >= 4 is 0 Å². The predicted octanol–water partition coefficient (Wildman–Crippen LogP) is 3.28. The molecule has 1 atom stereocenters. The number of nitrogens with zero attached hydrogens (tertiary/aromatic N) is 1. The van der Waals surface area contributed by atoms with Gasteiger partial charge < -0.3 is 10.2 Å². The number of rotatable bonds is 4. The van der Waals surface area contributed by atoms with E-state index in [1.807, 2.05) is 0 Å². The predicted molar refractivity (Wildman–Crippen MR) is 81.3 cm³/mol. The summed E-state index contributed by atoms with van der Waals surface area (Å²) in [7, 11) is 2.39. The van der Waals surface area contributed by atoms with Crippen LogP contribution in [0.3, 0.4) is 0 Å². The Morgan fingerprint density at radius 3 is 2.42 bits per heavy atom. The van der Waals surface area contributed by atoms with E-state index in [1.165, 1.54) is 71.0 Å². The Morgan fingerprint density at radius 1 is 1.11 bits per heavy atom. The zero-order valence-corrected chi connectivity index (χ0v) is 13.0. The van der Waals surface area contributed by atoms with Crippen LogP contribution in [0.15, 0.2) is 0 Å². The molecule has 1 aliphatic heterocycles. The van der Waals surface area contributed by atoms with E-state index in [1.54, 1.807) is 0 Å². The molecule has 2 heteroatoms. The van der Waals surface area contributed by atoms with Crippen LogP contribution in [0.25, 0.3) is 0 Å². The van der Waals surface area contributed by atoms with Gasteiger partial charge in [-0.1, -0.05) is 13.3 Å². The van der Waals surface area contributed by atoms with Gasteiger partial charge in [-0.25, -0.2) is 0 Å². The van der Waals surface area contributed by atoms with Gasteiger partial charge >= 0.3 is 0 Å². The lowest BCUT2D eigenvalue weighted by molar-refractivity contribution is 0.148. The van der Waals surface area contributed by atoms with Crippen molar-refractivity contribution < 1.29 is 0 Å². The van der Waals surface area contributed by atoms with E-state index in [4.69, 9.17) is 0 Å². The van der Waals surface area contributed by atoms with Gasteiger partial charge in [0.25, 0.3) is 0 Å². The Morgan fingerprint density at radius 2 is 1.79 bits per heavy atom. The van der Waals surface area contributed by atoms with Crippen molar-refractivity contribution in [2.75, 3.05) is 26.7 Å². The summed E-state index contributed by atoms with van der Waals surface area (Å²) >= 11 is 0. The van der Waals surface area contributed by atoms with Crippen LogP contribution < -0.4 is 5.32 Å². The zero-order chi connectivity index (χ0) is 13.3. The van der Waals surface area contributed by atoms with E-state index >= 15 is 0 Å². The first-order valence-electron chi connectivity index (χ1n) is 8.64. The molecule has 1 heterocycles. The van der Waals surface area contributed by atoms with Crippen molar-refractivity contribution in [1.82, 2.24) is 10.2 Å². The molecule has 0 aromatic carbocycles. The second kappa shape index (κ2) is 5.73. The molecular weight excluding hydrogens is 232 g/mol. The molecule has 0 amide bonds. The molecule has 0 aromatic heterocycles. The van der Waals surface area contributed by atoms with E-state index in [2.05, 4.69) is 24.2 Å². The largest absolute Gasteiger partial charge is 0.317 e. The van der Waals surface area contributed by atoms with Crippen LogP contribution in [0.4, 0.5) is 0 Å². The third-order valence-electron chi connectivity index (χ3n) is 6.48. The number of hydrogen-bond acceptors (Lipinski definition) is 2. The molecule has 2 aliphatic carbocycles. The van der Waals surface area contributed by atoms with Crippen molar-refractivity contribution in [3.63, 3.8) is 0 Å². The SMILES string of the molecule is CCC1CCC(N(C)CC2CC23CCNCC3)CC1. The number of hydrogen-bond donors (Lipinski definition) is 1. The van der Waals surface area contributed by atoms with Gasteiger partial charge in [-0.05, 0) is 82.3 Å². The fourth-order valence-electron chi connectivity index (χ4n) is 4.72. The maximum absolute atomic E-state index is 3.52. The molecule has 0 radical (unpaired) electrons. The summed E-state index contributed by atoms with van der Waals surface area (Å²) in [5, 5.41) is 3.52. The Balaban J connectivity index is 1.43. The van der Waals surface area contributed by atoms with Crippen molar-refractivity contribution in [3.8, 4) is 0 Å². The highest BCUT2D eigenvalue weighted by atomic mass is 15.1. The molecule has 1 saturated heterocycles. The summed E-state index contributed by atoms with van der Waals surface area (Å²) in [5.41, 5.74) is 0.764. The van der Waals surface area contributed by atoms with Crippen LogP contribution in [0, 0.1) is 17.3 Å². The van der Waals surface area contributed by atoms with E-state index in [9.17, 15) is 0 Å². The minimum absolute atomic E-state index is 0.764. The Labute approximate surface area is 119 Å². The summed E-state index contributed by atoms with van der Waals surface area (Å²) in [5.74, 6) is 2.05. The summed E-state index contributed by atoms with van der Waals surface area (Å²) in [6.07, 6.45) is 11.7. The van der Waals surface area contributed by atoms with E-state index in [0.29, 0.717) is 0 Å². The van der Waals surface area contributed by atoms with Crippen LogP contribution in [0.5, 0.6) is 0 Å². The van der Waals surface area contributed by atoms with Crippen LogP contribution in [0.2, 0.25) is 0 Å². The summed E-state index contributed by atoms with van der Waals surface area (Å²) in [6, 6.07) is 0.891. The summed E-state index contributed by atoms with van der Waals surface area (Å²) in [4.78, 5) is 2.72. The number of nitrogens with one attached hydrogen (secondary N) is 1. The van der Waals surface area contributed by atoms with E-state index in [-0.39, 0.29) is 0 Å². The smallest absolute Gasteiger partial charge is 0.00925 e. The van der Waals surface area contributed by atoms with Crippen molar-refractivity contribution in [1.29, 1.82) is 0 Å². The summed E-state index contributed by atoms with van der Waals surface area (Å²) in [6.45, 7) is 6.27. The maximum atomic E-state index is 3.52. The average Bonchev–Trinajstić information content (AvgIpc) is 3.11. The third kappa shape index (κ3) is 3.00. The minimum atomic E-state index is 0.764. The standard InChI is InChI=1S/C17H32N2/c1-3-14-4-6-16(7-5-14)19(2)13-15-12-17(15)8-10-18-11-9-17/h14-16,18H,3-13H2,1-2H3. The minimum Gasteiger partial charge on any atom is -0.317 e. The molecule has 1 spiro atoms. The molecule has 0 bridgehead atoms. The van der Waals surface area contributed by atoms with Gasteiger partial charge in [-0.2, -0.15) is 0 Å². The van der Waals surface area contributed by atoms with E-state index < -0.39 is 0 Å². The van der Waals surface area contributed by atoms with Crippen molar-refractivity contribution in [2.24, 2.45) is 17.3 Å². The van der Waals surface area contributed by atoms with Gasteiger partial charge in [-0.3, -0.25) is 0 Å². The second-order valence-corrected chi connectivity index (χ2v) is 7.54. The summed E-state index contributed by atoms with van der Waals surface area (Å²) < 4.78 is 0. The van der Waals surface area contributed by atoms with Crippen molar-refractivity contribution in [3.05, 3.63) is 0 Å². The van der Waals surface area contributed by atoms with Gasteiger partial charge in [0.1, 0.15) is 0 Å². The zero-order valence-electron chi connectivity index (χ0n) is 13.0. The highest BCUT2D eigenvalue weighted by Gasteiger charge is 2.53. The Bertz CT molecular complexity index is 288. The van der Waals surface area contributed by atoms with Crippen LogP contribution in [0.1, 0.15) is 58.3 Å². The van der Waals surface area contributed by atoms with Gasteiger partial charge in [0.2, 0.25) is 0 Å². The average molecular weight is 264 g/mol. The van der Waals surface area contributed by atoms with Gasteiger partial charge in [-0.15, -0.1) is 0 Å². The van der Waals surface area contributed by atoms with Crippen molar-refractivity contribution in [2.45, 2.75) is 64.3 Å². The molecule has 3 aliphatic rings. The van der Waals surface area contributed by atoms with Crippen LogP contribution in [-0.4, -0.2) is 37.6 Å². The quantitative estimate of drug-likeness (QED) is 0.838. The van der Waals surface area contributed by atoms with Crippen LogP contribution in [-0.2, 0) is 0 Å². The monoisotopic (exact) mass is 264 g/mol. The topological polar surface area (TPSA) is 15.3 Å². The molecule has 110 valence electrons. The third-order valence-corrected chi connectivity index (χ3v) is 6.48. The molecule has 1 N–H and O–H groups in total. The molecule has 3 rings (SSSR count). The first-order valence-corrected chi connectivity index (χ1v) is 8.64. The van der Waals surface area contributed by atoms with Crippen LogP contribution >= 0.6 is 0 Å². The first kappa shape index (κ1) is 13.9. The molecule has 2 saturated carbocycles. The molecule has 3 fully saturated rings. The normalized spacial score (nSPS) is 37.7. The number of piperidine rings is 1. The highest BCUT2D eigenvalue weighted by Crippen LogP contribution is 2.58. The highest BCUT2D eigenvalue weighted by molar-refractivity contribution is 5.05.